The van der Waals surface area contributed by atoms with Crippen molar-refractivity contribution in [2.45, 2.75) is 43.4 Å². The molecule has 13 heteroatoms. The second-order valence-electron chi connectivity index (χ2n) is 10.6. The number of hydrogen-bond acceptors (Lipinski definition) is 8. The molecule has 0 saturated heterocycles. The van der Waals surface area contributed by atoms with Crippen molar-refractivity contribution in [1.82, 2.24) is 20.9 Å². The van der Waals surface area contributed by atoms with Gasteiger partial charge in [0, 0.05) is 29.9 Å². The Kier molecular flexibility index (Phi) is 10.7. The van der Waals surface area contributed by atoms with E-state index in [4.69, 9.17) is 5.73 Å². The fraction of sp³-hybridized carbons (Fsp3) is 0.250. The third-order valence-corrected chi connectivity index (χ3v) is 7.27. The maximum atomic E-state index is 13.5. The van der Waals surface area contributed by atoms with Gasteiger partial charge >= 0.3 is 5.97 Å². The number of carboxylic acid groups (broad SMARTS) is 1. The van der Waals surface area contributed by atoms with E-state index in [2.05, 4.69) is 20.9 Å². The number of hydrogen-bond donors (Lipinski definition) is 9. The van der Waals surface area contributed by atoms with Crippen LogP contribution in [-0.4, -0.2) is 79.9 Å². The van der Waals surface area contributed by atoms with Gasteiger partial charge in [-0.1, -0.05) is 42.5 Å². The lowest BCUT2D eigenvalue weighted by atomic mass is 10.0. The van der Waals surface area contributed by atoms with Crippen LogP contribution in [0.2, 0.25) is 0 Å². The zero-order chi connectivity index (χ0) is 32.5. The number of phenols is 2. The Morgan fingerprint density at radius 3 is 1.82 bits per heavy atom. The smallest absolute Gasteiger partial charge is 0.326 e. The molecule has 0 aliphatic carbocycles. The molecule has 0 spiro atoms. The second kappa shape index (κ2) is 14.9. The number of aliphatic hydroxyl groups is 1. The van der Waals surface area contributed by atoms with E-state index in [-0.39, 0.29) is 30.8 Å². The first-order valence-electron chi connectivity index (χ1n) is 14.1. The summed E-state index contributed by atoms with van der Waals surface area (Å²) in [4.78, 5) is 54.7. The number of aromatic amines is 1. The molecule has 0 saturated carbocycles. The number of aliphatic hydroxyl groups excluding tert-OH is 1. The molecule has 0 radical (unpaired) electrons. The second-order valence-corrected chi connectivity index (χ2v) is 10.6. The van der Waals surface area contributed by atoms with Crippen LogP contribution in [0, 0.1) is 0 Å². The minimum Gasteiger partial charge on any atom is -0.508 e. The number of carbonyl (C=O) groups is 4. The molecule has 0 fully saturated rings. The Hall–Kier alpha value is -5.40. The standard InChI is InChI=1S/C32H35N5O8/c33-24(13-18-5-9-21(39)10-6-18)29(41)37-28(17-38)31(43)35-26(14-19-7-11-22(40)12-8-19)30(42)36-27(32(44)45)15-20-16-34-25-4-2-1-3-23(20)25/h1-12,16,24,26-28,34,38-40H,13-15,17,33H2,(H,35,43)(H,36,42)(H,37,41)(H,44,45). The van der Waals surface area contributed by atoms with E-state index >= 15 is 0 Å². The Bertz CT molecular complexity index is 1640. The first kappa shape index (κ1) is 32.5. The van der Waals surface area contributed by atoms with Gasteiger partial charge < -0.3 is 47.1 Å². The molecule has 10 N–H and O–H groups in total. The van der Waals surface area contributed by atoms with Gasteiger partial charge in [0.1, 0.15) is 29.6 Å². The topological polar surface area (TPSA) is 227 Å². The van der Waals surface area contributed by atoms with E-state index < -0.39 is 54.5 Å². The molecule has 1 aromatic heterocycles. The van der Waals surface area contributed by atoms with Gasteiger partial charge in [-0.3, -0.25) is 14.4 Å². The van der Waals surface area contributed by atoms with E-state index in [0.717, 1.165) is 10.9 Å². The molecular formula is C32H35N5O8. The number of rotatable bonds is 14. The number of phenolic OH excluding ortho intramolecular Hbond substituents is 2. The number of aromatic hydroxyl groups is 2. The molecule has 4 atom stereocenters. The van der Waals surface area contributed by atoms with Crippen molar-refractivity contribution in [3.8, 4) is 11.5 Å². The summed E-state index contributed by atoms with van der Waals surface area (Å²) in [6, 6.07) is 14.0. The molecule has 3 aromatic carbocycles. The van der Waals surface area contributed by atoms with Gasteiger partial charge in [-0.2, -0.15) is 0 Å². The van der Waals surface area contributed by atoms with Crippen LogP contribution in [0.3, 0.4) is 0 Å². The number of carboxylic acids is 1. The van der Waals surface area contributed by atoms with Gasteiger partial charge in [-0.05, 0) is 53.4 Å². The minimum atomic E-state index is -1.47. The largest absolute Gasteiger partial charge is 0.508 e. The highest BCUT2D eigenvalue weighted by Gasteiger charge is 2.31. The maximum absolute atomic E-state index is 13.5. The van der Waals surface area contributed by atoms with E-state index in [0.29, 0.717) is 16.7 Å². The summed E-state index contributed by atoms with van der Waals surface area (Å²) in [6.45, 7) is -0.810. The van der Waals surface area contributed by atoms with Gasteiger partial charge in [-0.15, -0.1) is 0 Å². The highest BCUT2D eigenvalue weighted by molar-refractivity contribution is 5.94. The van der Waals surface area contributed by atoms with Crippen LogP contribution in [0.15, 0.2) is 79.0 Å². The summed E-state index contributed by atoms with van der Waals surface area (Å²) < 4.78 is 0. The predicted molar refractivity (Wildman–Crippen MR) is 164 cm³/mol. The maximum Gasteiger partial charge on any atom is 0.326 e. The lowest BCUT2D eigenvalue weighted by molar-refractivity contribution is -0.142. The Labute approximate surface area is 258 Å². The number of fused-ring (bicyclic) bond motifs is 1. The van der Waals surface area contributed by atoms with Crippen molar-refractivity contribution in [2.75, 3.05) is 6.61 Å². The van der Waals surface area contributed by atoms with Crippen molar-refractivity contribution in [3.05, 3.63) is 95.7 Å². The number of nitrogens with two attached hydrogens (primary N) is 1. The number of carbonyl (C=O) groups excluding carboxylic acids is 3. The molecule has 0 aliphatic heterocycles. The molecule has 45 heavy (non-hydrogen) atoms. The zero-order valence-electron chi connectivity index (χ0n) is 24.1. The van der Waals surface area contributed by atoms with Crippen LogP contribution in [0.5, 0.6) is 11.5 Å². The van der Waals surface area contributed by atoms with Crippen molar-refractivity contribution < 1.29 is 39.6 Å². The lowest BCUT2D eigenvalue weighted by Crippen LogP contribution is -2.58. The molecule has 4 aromatic rings. The summed E-state index contributed by atoms with van der Waals surface area (Å²) in [5.74, 6) is -3.69. The quantitative estimate of drug-likeness (QED) is 0.0956. The number of nitrogens with one attached hydrogen (secondary N) is 4. The number of para-hydroxylation sites is 1. The molecule has 0 bridgehead atoms. The highest BCUT2D eigenvalue weighted by atomic mass is 16.4. The van der Waals surface area contributed by atoms with Crippen molar-refractivity contribution in [1.29, 1.82) is 0 Å². The van der Waals surface area contributed by atoms with Crippen LogP contribution in [0.1, 0.15) is 16.7 Å². The third kappa shape index (κ3) is 8.81. The Morgan fingerprint density at radius 2 is 1.22 bits per heavy atom. The number of aliphatic carboxylic acids is 1. The molecule has 1 heterocycles. The highest BCUT2D eigenvalue weighted by Crippen LogP contribution is 2.19. The van der Waals surface area contributed by atoms with Gasteiger partial charge in [0.15, 0.2) is 0 Å². The summed E-state index contributed by atoms with van der Waals surface area (Å²) in [5.41, 5.74) is 8.67. The summed E-state index contributed by atoms with van der Waals surface area (Å²) in [6.07, 6.45) is 1.62. The van der Waals surface area contributed by atoms with E-state index in [1.165, 1.54) is 36.4 Å². The fourth-order valence-electron chi connectivity index (χ4n) is 4.79. The van der Waals surface area contributed by atoms with Crippen molar-refractivity contribution >= 4 is 34.6 Å². The van der Waals surface area contributed by atoms with Crippen LogP contribution in [0.25, 0.3) is 10.9 Å². The first-order valence-corrected chi connectivity index (χ1v) is 14.1. The molecule has 0 aliphatic rings. The Balaban J connectivity index is 1.47. The molecule has 4 rings (SSSR count). The predicted octanol–water partition coefficient (Wildman–Crippen LogP) is 0.466. The molecular weight excluding hydrogens is 582 g/mol. The van der Waals surface area contributed by atoms with Crippen LogP contribution in [0.4, 0.5) is 0 Å². The average Bonchev–Trinajstić information content (AvgIpc) is 3.43. The molecule has 4 unspecified atom stereocenters. The minimum absolute atomic E-state index is 0.0137. The number of amides is 3. The molecule has 3 amide bonds. The molecule has 13 nitrogen and oxygen atoms in total. The van der Waals surface area contributed by atoms with Crippen molar-refractivity contribution in [2.24, 2.45) is 5.73 Å². The molecule has 236 valence electrons. The number of benzene rings is 3. The third-order valence-electron chi connectivity index (χ3n) is 7.27. The number of H-pyrrole nitrogens is 1. The van der Waals surface area contributed by atoms with Gasteiger partial charge in [0.05, 0.1) is 12.6 Å². The van der Waals surface area contributed by atoms with Gasteiger partial charge in [0.2, 0.25) is 17.7 Å². The van der Waals surface area contributed by atoms with Crippen molar-refractivity contribution in [3.63, 3.8) is 0 Å². The van der Waals surface area contributed by atoms with E-state index in [1.54, 1.807) is 18.3 Å². The monoisotopic (exact) mass is 617 g/mol. The normalized spacial score (nSPS) is 13.7. The van der Waals surface area contributed by atoms with Crippen LogP contribution in [-0.2, 0) is 38.4 Å². The van der Waals surface area contributed by atoms with E-state index in [9.17, 15) is 39.6 Å². The van der Waals surface area contributed by atoms with Gasteiger partial charge in [-0.25, -0.2) is 4.79 Å². The van der Waals surface area contributed by atoms with Crippen LogP contribution >= 0.6 is 0 Å². The Morgan fingerprint density at radius 1 is 0.689 bits per heavy atom. The van der Waals surface area contributed by atoms with E-state index in [1.807, 2.05) is 24.3 Å². The average molecular weight is 618 g/mol. The SMILES string of the molecule is NC(Cc1ccc(O)cc1)C(=O)NC(CO)C(=O)NC(Cc1ccc(O)cc1)C(=O)NC(Cc1c[nH]c2ccccc12)C(=O)O. The summed E-state index contributed by atoms with van der Waals surface area (Å²) in [7, 11) is 0. The summed E-state index contributed by atoms with van der Waals surface area (Å²) >= 11 is 0. The number of aromatic nitrogens is 1. The van der Waals surface area contributed by atoms with Gasteiger partial charge in [0.25, 0.3) is 0 Å². The fourth-order valence-corrected chi connectivity index (χ4v) is 4.79. The lowest BCUT2D eigenvalue weighted by Gasteiger charge is -2.24. The zero-order valence-corrected chi connectivity index (χ0v) is 24.1. The van der Waals surface area contributed by atoms with Crippen LogP contribution < -0.4 is 21.7 Å². The summed E-state index contributed by atoms with van der Waals surface area (Å²) in [5, 5.41) is 47.1. The first-order chi connectivity index (χ1) is 21.5.